The highest BCUT2D eigenvalue weighted by Crippen LogP contribution is 2.23. The third-order valence-corrected chi connectivity index (χ3v) is 3.80. The lowest BCUT2D eigenvalue weighted by Crippen LogP contribution is -2.37. The molecule has 0 radical (unpaired) electrons. The monoisotopic (exact) mass is 295 g/mol. The molecule has 0 saturated carbocycles. The summed E-state index contributed by atoms with van der Waals surface area (Å²) in [6.07, 6.45) is 4.00. The van der Waals surface area contributed by atoms with Crippen LogP contribution in [0, 0.1) is 6.92 Å². The summed E-state index contributed by atoms with van der Waals surface area (Å²) in [5.74, 6) is 1.77. The van der Waals surface area contributed by atoms with Crippen molar-refractivity contribution in [1.29, 1.82) is 0 Å². The van der Waals surface area contributed by atoms with Gasteiger partial charge in [-0.3, -0.25) is 0 Å². The molecule has 1 fully saturated rings. The van der Waals surface area contributed by atoms with Crippen LogP contribution in [0.1, 0.15) is 18.5 Å². The number of piperidine rings is 1. The first-order chi connectivity index (χ1) is 8.24. The Morgan fingerprint density at radius 3 is 3.18 bits per heavy atom. The van der Waals surface area contributed by atoms with Gasteiger partial charge < -0.3 is 4.90 Å². The van der Waals surface area contributed by atoms with Crippen molar-refractivity contribution in [3.8, 4) is 0 Å². The predicted octanol–water partition coefficient (Wildman–Crippen LogP) is 1.80. The number of anilines is 1. The van der Waals surface area contributed by atoms with Gasteiger partial charge in [-0.1, -0.05) is 15.9 Å². The lowest BCUT2D eigenvalue weighted by Gasteiger charge is -2.31. The molecule has 2 aromatic heterocycles. The molecule has 0 aromatic carbocycles. The second kappa shape index (κ2) is 4.25. The first-order valence-corrected chi connectivity index (χ1v) is 6.72. The van der Waals surface area contributed by atoms with E-state index >= 15 is 0 Å². The highest BCUT2D eigenvalue weighted by Gasteiger charge is 2.20. The summed E-state index contributed by atoms with van der Waals surface area (Å²) in [4.78, 5) is 11.4. The summed E-state index contributed by atoms with van der Waals surface area (Å²) in [5, 5.41) is 4.25. The van der Waals surface area contributed by atoms with E-state index in [0.29, 0.717) is 10.6 Å². The van der Waals surface area contributed by atoms with Gasteiger partial charge in [0.25, 0.3) is 5.78 Å². The van der Waals surface area contributed by atoms with Gasteiger partial charge in [0.1, 0.15) is 12.1 Å². The molecule has 1 aliphatic heterocycles. The normalized spacial score (nSPS) is 21.1. The van der Waals surface area contributed by atoms with Gasteiger partial charge in [-0.05, 0) is 19.8 Å². The van der Waals surface area contributed by atoms with Gasteiger partial charge in [0, 0.05) is 29.7 Å². The van der Waals surface area contributed by atoms with E-state index in [9.17, 15) is 0 Å². The van der Waals surface area contributed by atoms with Gasteiger partial charge in [-0.2, -0.15) is 14.6 Å². The van der Waals surface area contributed by atoms with Crippen molar-refractivity contribution in [2.75, 3.05) is 18.0 Å². The Morgan fingerprint density at radius 2 is 2.35 bits per heavy atom. The number of aromatic nitrogens is 4. The van der Waals surface area contributed by atoms with Crippen LogP contribution >= 0.6 is 15.9 Å². The van der Waals surface area contributed by atoms with Crippen molar-refractivity contribution < 1.29 is 0 Å². The van der Waals surface area contributed by atoms with E-state index in [1.54, 1.807) is 6.33 Å². The zero-order valence-corrected chi connectivity index (χ0v) is 11.3. The average molecular weight is 296 g/mol. The van der Waals surface area contributed by atoms with Gasteiger partial charge in [0.15, 0.2) is 0 Å². The molecule has 1 atom stereocenters. The van der Waals surface area contributed by atoms with Crippen molar-refractivity contribution in [2.45, 2.75) is 24.6 Å². The van der Waals surface area contributed by atoms with Gasteiger partial charge >= 0.3 is 0 Å². The molecule has 1 saturated heterocycles. The number of fused-ring (bicyclic) bond motifs is 1. The fourth-order valence-corrected chi connectivity index (χ4v) is 2.94. The summed E-state index contributed by atoms with van der Waals surface area (Å²) in [5.41, 5.74) is 0.984. The standard InChI is InChI=1S/C11H14BrN5/c1-8-5-10(16-4-2-3-9(12)6-16)17-11(15-8)13-7-14-17/h5,7,9H,2-4,6H2,1H3. The quantitative estimate of drug-likeness (QED) is 0.753. The van der Waals surface area contributed by atoms with Crippen molar-refractivity contribution in [3.05, 3.63) is 18.1 Å². The Balaban J connectivity index is 2.06. The second-order valence-corrected chi connectivity index (χ2v) is 5.71. The molecule has 3 heterocycles. The Bertz CT molecular complexity index is 538. The van der Waals surface area contributed by atoms with Gasteiger partial charge in [-0.25, -0.2) is 4.98 Å². The molecular weight excluding hydrogens is 282 g/mol. The average Bonchev–Trinajstić information content (AvgIpc) is 2.75. The lowest BCUT2D eigenvalue weighted by atomic mass is 10.1. The first-order valence-electron chi connectivity index (χ1n) is 5.80. The fraction of sp³-hybridized carbons (Fsp3) is 0.545. The molecule has 0 N–H and O–H groups in total. The number of halogens is 1. The van der Waals surface area contributed by atoms with Crippen LogP contribution in [-0.2, 0) is 0 Å². The van der Waals surface area contributed by atoms with E-state index < -0.39 is 0 Å². The summed E-state index contributed by atoms with van der Waals surface area (Å²) in [7, 11) is 0. The van der Waals surface area contributed by atoms with Crippen LogP contribution in [0.15, 0.2) is 12.4 Å². The van der Waals surface area contributed by atoms with Crippen LogP contribution in [0.2, 0.25) is 0 Å². The molecule has 1 aliphatic rings. The predicted molar refractivity (Wildman–Crippen MR) is 69.7 cm³/mol. The van der Waals surface area contributed by atoms with Crippen LogP contribution in [0.5, 0.6) is 0 Å². The van der Waals surface area contributed by atoms with Crippen molar-refractivity contribution >= 4 is 27.5 Å². The summed E-state index contributed by atoms with van der Waals surface area (Å²) in [6.45, 7) is 4.08. The highest BCUT2D eigenvalue weighted by atomic mass is 79.9. The maximum Gasteiger partial charge on any atom is 0.254 e. The smallest absolute Gasteiger partial charge is 0.254 e. The summed E-state index contributed by atoms with van der Waals surface area (Å²) in [6, 6.07) is 2.08. The molecule has 6 heteroatoms. The number of rotatable bonds is 1. The second-order valence-electron chi connectivity index (χ2n) is 4.41. The Morgan fingerprint density at radius 1 is 1.47 bits per heavy atom. The van der Waals surface area contributed by atoms with Gasteiger partial charge in [0.05, 0.1) is 0 Å². The van der Waals surface area contributed by atoms with E-state index in [2.05, 4.69) is 42.0 Å². The molecule has 0 spiro atoms. The van der Waals surface area contributed by atoms with Crippen LogP contribution in [-0.4, -0.2) is 37.5 Å². The largest absolute Gasteiger partial charge is 0.355 e. The molecule has 2 aromatic rings. The Hall–Kier alpha value is -1.17. The highest BCUT2D eigenvalue weighted by molar-refractivity contribution is 9.09. The molecular formula is C11H14BrN5. The van der Waals surface area contributed by atoms with E-state index in [1.807, 2.05) is 11.4 Å². The minimum absolute atomic E-state index is 0.559. The van der Waals surface area contributed by atoms with Crippen molar-refractivity contribution in [1.82, 2.24) is 19.6 Å². The van der Waals surface area contributed by atoms with Crippen LogP contribution in [0.3, 0.4) is 0 Å². The number of hydrogen-bond donors (Lipinski definition) is 0. The van der Waals surface area contributed by atoms with E-state index in [0.717, 1.165) is 24.6 Å². The van der Waals surface area contributed by atoms with Gasteiger partial charge in [0.2, 0.25) is 0 Å². The van der Waals surface area contributed by atoms with Crippen molar-refractivity contribution in [2.24, 2.45) is 0 Å². The fourth-order valence-electron chi connectivity index (χ4n) is 2.27. The van der Waals surface area contributed by atoms with Crippen molar-refractivity contribution in [3.63, 3.8) is 0 Å². The molecule has 0 aliphatic carbocycles. The zero-order chi connectivity index (χ0) is 11.8. The minimum Gasteiger partial charge on any atom is -0.355 e. The number of hydrogen-bond acceptors (Lipinski definition) is 4. The maximum atomic E-state index is 4.36. The van der Waals surface area contributed by atoms with Crippen LogP contribution in [0.4, 0.5) is 5.82 Å². The molecule has 90 valence electrons. The third-order valence-electron chi connectivity index (χ3n) is 3.05. The topological polar surface area (TPSA) is 46.3 Å². The Kier molecular flexibility index (Phi) is 2.74. The number of aryl methyl sites for hydroxylation is 1. The van der Waals surface area contributed by atoms with E-state index in [-0.39, 0.29) is 0 Å². The molecule has 5 nitrogen and oxygen atoms in total. The zero-order valence-electron chi connectivity index (χ0n) is 9.67. The number of nitrogens with zero attached hydrogens (tertiary/aromatic N) is 5. The van der Waals surface area contributed by atoms with E-state index in [1.165, 1.54) is 12.8 Å². The molecule has 17 heavy (non-hydrogen) atoms. The molecule has 1 unspecified atom stereocenters. The third kappa shape index (κ3) is 2.01. The van der Waals surface area contributed by atoms with E-state index in [4.69, 9.17) is 0 Å². The maximum absolute atomic E-state index is 4.36. The minimum atomic E-state index is 0.559. The molecule has 0 bridgehead atoms. The van der Waals surface area contributed by atoms with Gasteiger partial charge in [-0.15, -0.1) is 0 Å². The van der Waals surface area contributed by atoms with Crippen LogP contribution < -0.4 is 4.90 Å². The summed E-state index contributed by atoms with van der Waals surface area (Å²) >= 11 is 3.70. The molecule has 3 rings (SSSR count). The number of alkyl halides is 1. The molecule has 0 amide bonds. The SMILES string of the molecule is Cc1cc(N2CCCC(Br)C2)n2ncnc2n1. The Labute approximate surface area is 108 Å². The lowest BCUT2D eigenvalue weighted by molar-refractivity contribution is 0.585. The van der Waals surface area contributed by atoms with Crippen LogP contribution in [0.25, 0.3) is 5.78 Å². The first kappa shape index (κ1) is 11.0. The summed E-state index contributed by atoms with van der Waals surface area (Å²) < 4.78 is 1.82.